The number of nitrogen functional groups attached to an aromatic ring is 1. The van der Waals surface area contributed by atoms with Crippen molar-refractivity contribution in [3.63, 3.8) is 0 Å². The van der Waals surface area contributed by atoms with E-state index in [1.165, 1.54) is 16.7 Å². The fraction of sp³-hybridized carbons (Fsp3) is 0.188. The normalized spacial score (nSPS) is 11.1. The Morgan fingerprint density at radius 3 is 2.53 bits per heavy atom. The fourth-order valence-electron chi connectivity index (χ4n) is 2.61. The molecule has 0 aliphatic heterocycles. The second-order valence-electron chi connectivity index (χ2n) is 5.04. The second kappa shape index (κ2) is 4.12. The summed E-state index contributed by atoms with van der Waals surface area (Å²) in [5.74, 6) is 0.538. The van der Waals surface area contributed by atoms with Crippen molar-refractivity contribution >= 4 is 17.0 Å². The Labute approximate surface area is 112 Å². The van der Waals surface area contributed by atoms with Gasteiger partial charge in [-0.05, 0) is 44.0 Å². The molecule has 1 aromatic heterocycles. The summed E-state index contributed by atoms with van der Waals surface area (Å²) in [4.78, 5) is 4.45. The molecular formula is C16H17N3. The summed E-state index contributed by atoms with van der Waals surface area (Å²) in [5.41, 5.74) is 12.9. The molecule has 0 spiro atoms. The number of hydrogen-bond donors (Lipinski definition) is 1. The highest BCUT2D eigenvalue weighted by Crippen LogP contribution is 2.27. The molecule has 2 N–H and O–H groups in total. The molecule has 0 aliphatic rings. The van der Waals surface area contributed by atoms with E-state index < -0.39 is 0 Å². The molecule has 19 heavy (non-hydrogen) atoms. The largest absolute Gasteiger partial charge is 0.369 e. The van der Waals surface area contributed by atoms with Gasteiger partial charge in [-0.15, -0.1) is 0 Å². The molecule has 0 amide bonds. The summed E-state index contributed by atoms with van der Waals surface area (Å²) in [6.45, 7) is 6.28. The van der Waals surface area contributed by atoms with E-state index in [-0.39, 0.29) is 0 Å². The molecule has 3 nitrogen and oxygen atoms in total. The zero-order valence-electron chi connectivity index (χ0n) is 11.4. The average molecular weight is 251 g/mol. The summed E-state index contributed by atoms with van der Waals surface area (Å²) in [5, 5.41) is 0. The van der Waals surface area contributed by atoms with Gasteiger partial charge in [0.1, 0.15) is 0 Å². The van der Waals surface area contributed by atoms with Gasteiger partial charge in [0.2, 0.25) is 5.95 Å². The lowest BCUT2D eigenvalue weighted by atomic mass is 10.1. The molecule has 3 heteroatoms. The molecule has 0 saturated carbocycles. The number of benzene rings is 2. The van der Waals surface area contributed by atoms with Crippen LogP contribution in [0.3, 0.4) is 0 Å². The molecule has 0 unspecified atom stereocenters. The Bertz CT molecular complexity index is 769. The first-order valence-corrected chi connectivity index (χ1v) is 6.39. The SMILES string of the molecule is Cc1ccc(-n2c(N)nc3cccc(C)c32)c(C)c1. The van der Waals surface area contributed by atoms with Crippen molar-refractivity contribution in [2.75, 3.05) is 5.73 Å². The Hall–Kier alpha value is -2.29. The van der Waals surface area contributed by atoms with Gasteiger partial charge >= 0.3 is 0 Å². The number of aryl methyl sites for hydroxylation is 3. The van der Waals surface area contributed by atoms with Crippen LogP contribution in [0.1, 0.15) is 16.7 Å². The Morgan fingerprint density at radius 2 is 1.79 bits per heavy atom. The average Bonchev–Trinajstić information content (AvgIpc) is 2.67. The summed E-state index contributed by atoms with van der Waals surface area (Å²) in [7, 11) is 0. The maximum Gasteiger partial charge on any atom is 0.205 e. The molecule has 0 atom stereocenters. The minimum absolute atomic E-state index is 0.538. The zero-order valence-corrected chi connectivity index (χ0v) is 11.4. The van der Waals surface area contributed by atoms with Crippen molar-refractivity contribution in [3.8, 4) is 5.69 Å². The summed E-state index contributed by atoms with van der Waals surface area (Å²) in [6, 6.07) is 12.5. The van der Waals surface area contributed by atoms with Gasteiger partial charge in [0, 0.05) is 0 Å². The predicted octanol–water partition coefficient (Wildman–Crippen LogP) is 3.53. The van der Waals surface area contributed by atoms with E-state index in [9.17, 15) is 0 Å². The first kappa shape index (κ1) is 11.8. The topological polar surface area (TPSA) is 43.8 Å². The lowest BCUT2D eigenvalue weighted by Crippen LogP contribution is -2.03. The van der Waals surface area contributed by atoms with Gasteiger partial charge in [0.15, 0.2) is 0 Å². The van der Waals surface area contributed by atoms with Crippen molar-refractivity contribution in [2.24, 2.45) is 0 Å². The lowest BCUT2D eigenvalue weighted by molar-refractivity contribution is 1.08. The Balaban J connectivity index is 2.39. The van der Waals surface area contributed by atoms with Crippen LogP contribution in [0.25, 0.3) is 16.7 Å². The third kappa shape index (κ3) is 1.78. The molecule has 0 saturated heterocycles. The maximum absolute atomic E-state index is 6.11. The van der Waals surface area contributed by atoms with Crippen molar-refractivity contribution in [3.05, 3.63) is 53.1 Å². The number of rotatable bonds is 1. The lowest BCUT2D eigenvalue weighted by Gasteiger charge is -2.11. The molecule has 96 valence electrons. The van der Waals surface area contributed by atoms with E-state index in [4.69, 9.17) is 5.73 Å². The number of nitrogens with two attached hydrogens (primary N) is 1. The van der Waals surface area contributed by atoms with Crippen molar-refractivity contribution in [1.82, 2.24) is 9.55 Å². The monoisotopic (exact) mass is 251 g/mol. The number of nitrogens with zero attached hydrogens (tertiary/aromatic N) is 2. The fourth-order valence-corrected chi connectivity index (χ4v) is 2.61. The van der Waals surface area contributed by atoms with E-state index in [2.05, 4.69) is 50.0 Å². The van der Waals surface area contributed by atoms with Crippen LogP contribution in [0.15, 0.2) is 36.4 Å². The zero-order chi connectivity index (χ0) is 13.6. The van der Waals surface area contributed by atoms with Gasteiger partial charge in [-0.1, -0.05) is 29.8 Å². The van der Waals surface area contributed by atoms with Crippen molar-refractivity contribution in [1.29, 1.82) is 0 Å². The molecule has 0 bridgehead atoms. The molecule has 3 aromatic rings. The minimum atomic E-state index is 0.538. The second-order valence-corrected chi connectivity index (χ2v) is 5.04. The van der Waals surface area contributed by atoms with Gasteiger partial charge in [-0.2, -0.15) is 0 Å². The van der Waals surface area contributed by atoms with E-state index in [1.54, 1.807) is 0 Å². The van der Waals surface area contributed by atoms with Gasteiger partial charge in [-0.25, -0.2) is 4.98 Å². The standard InChI is InChI=1S/C16H17N3/c1-10-7-8-14(12(3)9-10)19-15-11(2)5-4-6-13(15)18-16(19)17/h4-9H,1-3H3,(H2,17,18). The molecule has 0 aliphatic carbocycles. The third-order valence-corrected chi connectivity index (χ3v) is 3.50. The third-order valence-electron chi connectivity index (χ3n) is 3.50. The molecule has 3 rings (SSSR count). The van der Waals surface area contributed by atoms with Crippen LogP contribution in [0, 0.1) is 20.8 Å². The molecule has 0 fully saturated rings. The first-order chi connectivity index (χ1) is 9.08. The number of imidazole rings is 1. The number of para-hydroxylation sites is 1. The van der Waals surface area contributed by atoms with Gasteiger partial charge in [0.05, 0.1) is 16.7 Å². The minimum Gasteiger partial charge on any atom is -0.369 e. The van der Waals surface area contributed by atoms with E-state index >= 15 is 0 Å². The van der Waals surface area contributed by atoms with Crippen LogP contribution >= 0.6 is 0 Å². The quantitative estimate of drug-likeness (QED) is 0.719. The highest BCUT2D eigenvalue weighted by atomic mass is 15.2. The number of fused-ring (bicyclic) bond motifs is 1. The first-order valence-electron chi connectivity index (χ1n) is 6.39. The Morgan fingerprint density at radius 1 is 1.00 bits per heavy atom. The maximum atomic E-state index is 6.11. The van der Waals surface area contributed by atoms with Crippen LogP contribution < -0.4 is 5.73 Å². The van der Waals surface area contributed by atoms with Crippen molar-refractivity contribution < 1.29 is 0 Å². The van der Waals surface area contributed by atoms with Gasteiger partial charge in [0.25, 0.3) is 0 Å². The summed E-state index contributed by atoms with van der Waals surface area (Å²) >= 11 is 0. The summed E-state index contributed by atoms with van der Waals surface area (Å²) < 4.78 is 2.04. The van der Waals surface area contributed by atoms with Crippen LogP contribution in [-0.2, 0) is 0 Å². The van der Waals surface area contributed by atoms with Gasteiger partial charge in [-0.3, -0.25) is 4.57 Å². The predicted molar refractivity (Wildman–Crippen MR) is 79.7 cm³/mol. The number of hydrogen-bond acceptors (Lipinski definition) is 2. The molecule has 0 radical (unpaired) electrons. The Kier molecular flexibility index (Phi) is 2.56. The van der Waals surface area contributed by atoms with Crippen LogP contribution in [-0.4, -0.2) is 9.55 Å². The van der Waals surface area contributed by atoms with Crippen LogP contribution in [0.5, 0.6) is 0 Å². The molecular weight excluding hydrogens is 234 g/mol. The highest BCUT2D eigenvalue weighted by molar-refractivity contribution is 5.84. The van der Waals surface area contributed by atoms with E-state index in [1.807, 2.05) is 16.7 Å². The molecule has 2 aromatic carbocycles. The van der Waals surface area contributed by atoms with E-state index in [0.717, 1.165) is 16.7 Å². The molecule has 1 heterocycles. The number of aromatic nitrogens is 2. The highest BCUT2D eigenvalue weighted by Gasteiger charge is 2.13. The number of anilines is 1. The van der Waals surface area contributed by atoms with Gasteiger partial charge < -0.3 is 5.73 Å². The smallest absolute Gasteiger partial charge is 0.205 e. The van der Waals surface area contributed by atoms with E-state index in [0.29, 0.717) is 5.95 Å². The van der Waals surface area contributed by atoms with Crippen LogP contribution in [0.4, 0.5) is 5.95 Å². The van der Waals surface area contributed by atoms with Crippen LogP contribution in [0.2, 0.25) is 0 Å². The van der Waals surface area contributed by atoms with Crippen molar-refractivity contribution in [2.45, 2.75) is 20.8 Å². The summed E-state index contributed by atoms with van der Waals surface area (Å²) in [6.07, 6.45) is 0.